The zero-order chi connectivity index (χ0) is 20.3. The number of nitrogens with one attached hydrogen (secondary N) is 1. The zero-order valence-electron chi connectivity index (χ0n) is 17.6. The molecule has 0 saturated heterocycles. The molecule has 3 aliphatic rings. The number of rotatable bonds is 4. The van der Waals surface area contributed by atoms with Crippen LogP contribution in [-0.2, 0) is 4.79 Å². The van der Waals surface area contributed by atoms with Crippen molar-refractivity contribution in [1.82, 2.24) is 9.88 Å². The van der Waals surface area contributed by atoms with E-state index >= 15 is 0 Å². The maximum Gasteiger partial charge on any atom is 0.352 e. The average molecular weight is 389 g/mol. The van der Waals surface area contributed by atoms with Gasteiger partial charge >= 0.3 is 5.97 Å². The first kappa shape index (κ1) is 21.1. The zero-order valence-corrected chi connectivity index (χ0v) is 17.6. The fraction of sp³-hybridized carbons (Fsp3) is 0.739. The fourth-order valence-corrected chi connectivity index (χ4v) is 6.37. The van der Waals surface area contributed by atoms with Gasteiger partial charge in [-0.15, -0.1) is 0 Å². The van der Waals surface area contributed by atoms with Gasteiger partial charge in [-0.1, -0.05) is 39.0 Å². The van der Waals surface area contributed by atoms with Gasteiger partial charge in [0.15, 0.2) is 0 Å². The highest BCUT2D eigenvalue weighted by Gasteiger charge is 2.56. The summed E-state index contributed by atoms with van der Waals surface area (Å²) in [5.74, 6) is 2.44. The smallest absolute Gasteiger partial charge is 0.352 e. The molecule has 0 amide bonds. The first-order valence-electron chi connectivity index (χ1n) is 10.9. The van der Waals surface area contributed by atoms with Crippen LogP contribution in [0.3, 0.4) is 0 Å². The summed E-state index contributed by atoms with van der Waals surface area (Å²) in [5, 5.41) is 8.24. The van der Waals surface area contributed by atoms with E-state index in [2.05, 4.69) is 30.9 Å². The second-order valence-electron chi connectivity index (χ2n) is 9.58. The van der Waals surface area contributed by atoms with Gasteiger partial charge in [0.05, 0.1) is 0 Å². The molecule has 5 heteroatoms. The number of fused-ring (bicyclic) bond motifs is 1. The van der Waals surface area contributed by atoms with Gasteiger partial charge in [0.25, 0.3) is 0 Å². The predicted molar refractivity (Wildman–Crippen MR) is 110 cm³/mol. The second-order valence-corrected chi connectivity index (χ2v) is 9.58. The van der Waals surface area contributed by atoms with Crippen LogP contribution in [0, 0.1) is 29.1 Å². The number of hydrogen-bond acceptors (Lipinski definition) is 3. The molecule has 3 saturated carbocycles. The maximum absolute atomic E-state index is 11.8. The Balaban J connectivity index is 0.000000236. The largest absolute Gasteiger partial charge is 0.477 e. The topological polar surface area (TPSA) is 73.4 Å². The SMILES string of the molecule is CN(C)C1CC2CC(C3CCCCC3)CC2C1(C)C=O.O=C(O)c1ccc[nH]1. The van der Waals surface area contributed by atoms with Crippen molar-refractivity contribution >= 4 is 12.3 Å². The third kappa shape index (κ3) is 4.19. The van der Waals surface area contributed by atoms with Gasteiger partial charge in [0.2, 0.25) is 0 Å². The Hall–Kier alpha value is -1.62. The molecule has 3 aliphatic carbocycles. The molecule has 1 aromatic heterocycles. The van der Waals surface area contributed by atoms with Crippen LogP contribution in [0.4, 0.5) is 0 Å². The Morgan fingerprint density at radius 3 is 2.36 bits per heavy atom. The summed E-state index contributed by atoms with van der Waals surface area (Å²) in [4.78, 5) is 26.7. The van der Waals surface area contributed by atoms with Crippen LogP contribution in [0.2, 0.25) is 0 Å². The fourth-order valence-electron chi connectivity index (χ4n) is 6.37. The van der Waals surface area contributed by atoms with Crippen molar-refractivity contribution in [2.24, 2.45) is 29.1 Å². The molecule has 0 bridgehead atoms. The van der Waals surface area contributed by atoms with Crippen LogP contribution in [0.25, 0.3) is 0 Å². The summed E-state index contributed by atoms with van der Waals surface area (Å²) in [6, 6.07) is 3.61. The van der Waals surface area contributed by atoms with Gasteiger partial charge < -0.3 is 19.8 Å². The molecule has 28 heavy (non-hydrogen) atoms. The van der Waals surface area contributed by atoms with Gasteiger partial charge in [0.1, 0.15) is 12.0 Å². The van der Waals surface area contributed by atoms with Gasteiger partial charge in [-0.05, 0) is 69.2 Å². The number of nitrogens with zero attached hydrogens (tertiary/aromatic N) is 1. The molecular weight excluding hydrogens is 352 g/mol. The summed E-state index contributed by atoms with van der Waals surface area (Å²) in [6.45, 7) is 2.23. The van der Waals surface area contributed by atoms with E-state index in [0.717, 1.165) is 17.8 Å². The second kappa shape index (κ2) is 8.81. The maximum atomic E-state index is 11.8. The number of aromatic carboxylic acids is 1. The lowest BCUT2D eigenvalue weighted by atomic mass is 9.73. The summed E-state index contributed by atoms with van der Waals surface area (Å²) in [5.41, 5.74) is 0.127. The van der Waals surface area contributed by atoms with Gasteiger partial charge in [-0.25, -0.2) is 4.79 Å². The molecule has 5 nitrogen and oxygen atoms in total. The monoisotopic (exact) mass is 388 g/mol. The van der Waals surface area contributed by atoms with Gasteiger partial charge in [-0.3, -0.25) is 0 Å². The molecule has 0 aromatic carbocycles. The quantitative estimate of drug-likeness (QED) is 0.747. The molecule has 2 N–H and O–H groups in total. The van der Waals surface area contributed by atoms with Crippen LogP contribution in [0.1, 0.15) is 68.8 Å². The van der Waals surface area contributed by atoms with Crippen LogP contribution >= 0.6 is 0 Å². The Labute approximate surface area is 168 Å². The number of aromatic amines is 1. The van der Waals surface area contributed by atoms with E-state index in [0.29, 0.717) is 12.0 Å². The molecule has 5 atom stereocenters. The van der Waals surface area contributed by atoms with Crippen LogP contribution in [-0.4, -0.2) is 47.4 Å². The molecular formula is C23H36N2O3. The first-order valence-corrected chi connectivity index (χ1v) is 10.9. The van der Waals surface area contributed by atoms with Crippen LogP contribution < -0.4 is 0 Å². The molecule has 0 aliphatic heterocycles. The molecule has 5 unspecified atom stereocenters. The van der Waals surface area contributed by atoms with Crippen molar-refractivity contribution in [2.45, 2.75) is 64.3 Å². The Morgan fingerprint density at radius 2 is 1.86 bits per heavy atom. The lowest BCUT2D eigenvalue weighted by molar-refractivity contribution is -0.120. The average Bonchev–Trinajstić information content (AvgIpc) is 3.40. The first-order chi connectivity index (χ1) is 13.4. The van der Waals surface area contributed by atoms with Crippen molar-refractivity contribution in [3.05, 3.63) is 24.0 Å². The highest BCUT2D eigenvalue weighted by Crippen LogP contribution is 2.58. The number of carbonyl (C=O) groups excluding carboxylic acids is 1. The molecule has 4 rings (SSSR count). The number of hydrogen-bond donors (Lipinski definition) is 2. The molecule has 3 fully saturated rings. The lowest BCUT2D eigenvalue weighted by Gasteiger charge is -2.36. The number of aromatic nitrogens is 1. The Kier molecular flexibility index (Phi) is 6.64. The van der Waals surface area contributed by atoms with E-state index in [4.69, 9.17) is 5.11 Å². The molecule has 0 spiro atoms. The number of aldehydes is 1. The van der Waals surface area contributed by atoms with E-state index < -0.39 is 5.97 Å². The van der Waals surface area contributed by atoms with E-state index in [-0.39, 0.29) is 11.1 Å². The summed E-state index contributed by atoms with van der Waals surface area (Å²) in [6.07, 6.45) is 14.1. The van der Waals surface area contributed by atoms with Crippen LogP contribution in [0.15, 0.2) is 18.3 Å². The van der Waals surface area contributed by atoms with Crippen molar-refractivity contribution < 1.29 is 14.7 Å². The Bertz CT molecular complexity index is 651. The minimum absolute atomic E-state index is 0.0996. The van der Waals surface area contributed by atoms with Crippen molar-refractivity contribution in [2.75, 3.05) is 14.1 Å². The minimum Gasteiger partial charge on any atom is -0.477 e. The van der Waals surface area contributed by atoms with Crippen molar-refractivity contribution in [3.8, 4) is 0 Å². The van der Waals surface area contributed by atoms with Crippen molar-refractivity contribution in [3.63, 3.8) is 0 Å². The van der Waals surface area contributed by atoms with Gasteiger partial charge in [-0.2, -0.15) is 0 Å². The number of carboxylic acid groups (broad SMARTS) is 1. The molecule has 1 aromatic rings. The number of H-pyrrole nitrogens is 1. The summed E-state index contributed by atoms with van der Waals surface area (Å²) >= 11 is 0. The Morgan fingerprint density at radius 1 is 1.14 bits per heavy atom. The highest BCUT2D eigenvalue weighted by molar-refractivity contribution is 5.85. The van der Waals surface area contributed by atoms with E-state index in [9.17, 15) is 9.59 Å². The van der Waals surface area contributed by atoms with E-state index in [1.807, 2.05) is 0 Å². The van der Waals surface area contributed by atoms with Crippen molar-refractivity contribution in [1.29, 1.82) is 0 Å². The third-order valence-corrected chi connectivity index (χ3v) is 7.80. The van der Waals surface area contributed by atoms with Gasteiger partial charge in [0, 0.05) is 17.7 Å². The molecule has 156 valence electrons. The normalized spacial score (nSPS) is 35.3. The summed E-state index contributed by atoms with van der Waals surface area (Å²) < 4.78 is 0. The van der Waals surface area contributed by atoms with E-state index in [1.165, 1.54) is 63.7 Å². The minimum atomic E-state index is -0.921. The molecule has 1 heterocycles. The number of carboxylic acids is 1. The highest BCUT2D eigenvalue weighted by atomic mass is 16.4. The van der Waals surface area contributed by atoms with Crippen LogP contribution in [0.5, 0.6) is 0 Å². The van der Waals surface area contributed by atoms with E-state index in [1.54, 1.807) is 12.3 Å². The third-order valence-electron chi connectivity index (χ3n) is 7.80. The summed E-state index contributed by atoms with van der Waals surface area (Å²) in [7, 11) is 4.29. The molecule has 0 radical (unpaired) electrons. The predicted octanol–water partition coefficient (Wildman–Crippen LogP) is 4.46. The number of carbonyl (C=O) groups is 2. The standard InChI is InChI=1S/C18H31NO.C5H5NO2/c1-18(12-20)16-10-14(13-7-5-4-6-8-13)9-15(16)11-17(18)19(2)3;7-5(8)4-2-1-3-6-4/h12-17H,4-11H2,1-3H3;1-3,6H,(H,7,8). The lowest BCUT2D eigenvalue weighted by Crippen LogP contribution is -2.43.